The fourth-order valence-corrected chi connectivity index (χ4v) is 3.31. The largest absolute Gasteiger partial charge is 0.496 e. The fraction of sp³-hybridized carbons (Fsp3) is 0.438. The zero-order valence-electron chi connectivity index (χ0n) is 12.2. The van der Waals surface area contributed by atoms with Gasteiger partial charge in [-0.15, -0.1) is 11.3 Å². The molecule has 1 aromatic carbocycles. The van der Waals surface area contributed by atoms with E-state index in [1.54, 1.807) is 18.4 Å². The van der Waals surface area contributed by atoms with Gasteiger partial charge >= 0.3 is 0 Å². The Morgan fingerprint density at radius 3 is 2.60 bits per heavy atom. The molecule has 0 amide bonds. The molecule has 0 saturated heterocycles. The summed E-state index contributed by atoms with van der Waals surface area (Å²) in [7, 11) is 1.68. The van der Waals surface area contributed by atoms with Gasteiger partial charge in [0.2, 0.25) is 0 Å². The highest BCUT2D eigenvalue weighted by atomic mass is 32.1. The van der Waals surface area contributed by atoms with Gasteiger partial charge in [-0.05, 0) is 37.8 Å². The van der Waals surface area contributed by atoms with E-state index < -0.39 is 0 Å². The highest BCUT2D eigenvalue weighted by Gasteiger charge is 2.15. The number of aryl methyl sites for hydroxylation is 2. The summed E-state index contributed by atoms with van der Waals surface area (Å²) in [5, 5.41) is 10.7. The van der Waals surface area contributed by atoms with Crippen molar-refractivity contribution in [3.63, 3.8) is 0 Å². The number of ether oxygens (including phenoxy) is 1. The molecule has 4 heteroatoms. The van der Waals surface area contributed by atoms with E-state index in [9.17, 15) is 5.11 Å². The Morgan fingerprint density at radius 2 is 2.00 bits per heavy atom. The van der Waals surface area contributed by atoms with Crippen molar-refractivity contribution in [1.29, 1.82) is 0 Å². The monoisotopic (exact) mass is 291 g/mol. The molecular formula is C16H21NO2S. The molecule has 1 N–H and O–H groups in total. The SMILES string of the molecule is COc1ccccc1CC(CO)Cc1nc(C)c(C)s1. The van der Waals surface area contributed by atoms with Crippen molar-refractivity contribution in [3.05, 3.63) is 45.4 Å². The molecule has 0 bridgehead atoms. The van der Waals surface area contributed by atoms with E-state index in [0.717, 1.165) is 34.9 Å². The Hall–Kier alpha value is -1.39. The molecule has 0 fully saturated rings. The van der Waals surface area contributed by atoms with Gasteiger partial charge in [0.1, 0.15) is 5.75 Å². The van der Waals surface area contributed by atoms with Crippen LogP contribution < -0.4 is 4.74 Å². The van der Waals surface area contributed by atoms with Crippen molar-refractivity contribution < 1.29 is 9.84 Å². The second-order valence-corrected chi connectivity index (χ2v) is 6.31. The van der Waals surface area contributed by atoms with Crippen LogP contribution in [0.25, 0.3) is 0 Å². The minimum Gasteiger partial charge on any atom is -0.496 e. The lowest BCUT2D eigenvalue weighted by atomic mass is 9.96. The Balaban J connectivity index is 2.09. The summed E-state index contributed by atoms with van der Waals surface area (Å²) in [5.74, 6) is 1.06. The number of benzene rings is 1. The van der Waals surface area contributed by atoms with Crippen molar-refractivity contribution in [3.8, 4) is 5.75 Å². The molecule has 20 heavy (non-hydrogen) atoms. The van der Waals surface area contributed by atoms with Crippen molar-refractivity contribution in [2.24, 2.45) is 5.92 Å². The number of thiazole rings is 1. The number of hydrogen-bond acceptors (Lipinski definition) is 4. The van der Waals surface area contributed by atoms with Crippen molar-refractivity contribution in [2.45, 2.75) is 26.7 Å². The average molecular weight is 291 g/mol. The lowest BCUT2D eigenvalue weighted by Gasteiger charge is -2.15. The van der Waals surface area contributed by atoms with Crippen LogP contribution in [-0.4, -0.2) is 23.8 Å². The normalized spacial score (nSPS) is 12.4. The number of hydrogen-bond donors (Lipinski definition) is 1. The van der Waals surface area contributed by atoms with Crippen LogP contribution in [0.5, 0.6) is 5.75 Å². The third-order valence-corrected chi connectivity index (χ3v) is 4.59. The van der Waals surface area contributed by atoms with Gasteiger partial charge in [0.05, 0.1) is 17.8 Å². The first-order valence-electron chi connectivity index (χ1n) is 6.79. The smallest absolute Gasteiger partial charge is 0.122 e. The standard InChI is InChI=1S/C16H21NO2S/c1-11-12(2)20-16(17-11)9-13(10-18)8-14-6-4-5-7-15(14)19-3/h4-7,13,18H,8-10H2,1-3H3. The third-order valence-electron chi connectivity index (χ3n) is 3.50. The second-order valence-electron chi connectivity index (χ2n) is 5.02. The fourth-order valence-electron chi connectivity index (χ4n) is 2.26. The highest BCUT2D eigenvalue weighted by Crippen LogP contribution is 2.25. The zero-order valence-corrected chi connectivity index (χ0v) is 13.0. The van der Waals surface area contributed by atoms with E-state index in [1.807, 2.05) is 25.1 Å². The molecule has 0 saturated carbocycles. The van der Waals surface area contributed by atoms with Crippen LogP contribution in [0.3, 0.4) is 0 Å². The minimum atomic E-state index is 0.162. The van der Waals surface area contributed by atoms with E-state index in [1.165, 1.54) is 4.88 Å². The summed E-state index contributed by atoms with van der Waals surface area (Å²) in [4.78, 5) is 5.82. The van der Waals surface area contributed by atoms with E-state index >= 15 is 0 Å². The van der Waals surface area contributed by atoms with Crippen LogP contribution in [0.2, 0.25) is 0 Å². The molecule has 0 spiro atoms. The molecule has 2 aromatic rings. The first kappa shape index (κ1) is 15.0. The summed E-state index contributed by atoms with van der Waals surface area (Å²) in [6, 6.07) is 7.98. The van der Waals surface area contributed by atoms with E-state index in [-0.39, 0.29) is 12.5 Å². The van der Waals surface area contributed by atoms with Gasteiger partial charge in [0, 0.05) is 17.9 Å². The predicted octanol–water partition coefficient (Wildman–Crippen LogP) is 3.16. The summed E-state index contributed by atoms with van der Waals surface area (Å²) >= 11 is 1.73. The second kappa shape index (κ2) is 6.86. The lowest BCUT2D eigenvalue weighted by molar-refractivity contribution is 0.224. The minimum absolute atomic E-state index is 0.162. The topological polar surface area (TPSA) is 42.4 Å². The molecule has 1 atom stereocenters. The van der Waals surface area contributed by atoms with Gasteiger partial charge in [-0.25, -0.2) is 4.98 Å². The maximum atomic E-state index is 9.62. The lowest BCUT2D eigenvalue weighted by Crippen LogP contribution is -2.13. The number of aliphatic hydroxyl groups is 1. The number of aromatic nitrogens is 1. The Labute approximate surface area is 124 Å². The highest BCUT2D eigenvalue weighted by molar-refractivity contribution is 7.11. The molecule has 3 nitrogen and oxygen atoms in total. The van der Waals surface area contributed by atoms with Crippen molar-refractivity contribution in [1.82, 2.24) is 4.98 Å². The summed E-state index contributed by atoms with van der Waals surface area (Å²) in [6.07, 6.45) is 1.62. The van der Waals surface area contributed by atoms with Crippen LogP contribution >= 0.6 is 11.3 Å². The van der Waals surface area contributed by atoms with Crippen LogP contribution in [0.1, 0.15) is 21.1 Å². The maximum Gasteiger partial charge on any atom is 0.122 e. The maximum absolute atomic E-state index is 9.62. The van der Waals surface area contributed by atoms with Gasteiger partial charge in [0.15, 0.2) is 0 Å². The molecule has 0 aliphatic heterocycles. The number of aliphatic hydroxyl groups excluding tert-OH is 1. The van der Waals surface area contributed by atoms with Crippen LogP contribution in [0.4, 0.5) is 0 Å². The van der Waals surface area contributed by atoms with Gasteiger partial charge in [-0.1, -0.05) is 18.2 Å². The van der Waals surface area contributed by atoms with E-state index in [4.69, 9.17) is 4.74 Å². The quantitative estimate of drug-likeness (QED) is 0.889. The zero-order chi connectivity index (χ0) is 14.5. The number of rotatable bonds is 6. The third kappa shape index (κ3) is 3.58. The predicted molar refractivity (Wildman–Crippen MR) is 82.6 cm³/mol. The molecular weight excluding hydrogens is 270 g/mol. The van der Waals surface area contributed by atoms with Gasteiger partial charge in [-0.2, -0.15) is 0 Å². The van der Waals surface area contributed by atoms with Crippen LogP contribution in [0.15, 0.2) is 24.3 Å². The summed E-state index contributed by atoms with van der Waals surface area (Å²) in [6.45, 7) is 4.28. The Morgan fingerprint density at radius 1 is 1.25 bits per heavy atom. The first-order chi connectivity index (χ1) is 9.63. The van der Waals surface area contributed by atoms with Gasteiger partial charge in [0.25, 0.3) is 0 Å². The Bertz CT molecular complexity index is 546. The summed E-state index contributed by atoms with van der Waals surface area (Å²) in [5.41, 5.74) is 2.23. The molecule has 2 rings (SSSR count). The molecule has 1 aromatic heterocycles. The van der Waals surface area contributed by atoms with E-state index in [0.29, 0.717) is 0 Å². The van der Waals surface area contributed by atoms with Crippen molar-refractivity contribution in [2.75, 3.05) is 13.7 Å². The molecule has 108 valence electrons. The molecule has 0 aliphatic rings. The number of para-hydroxylation sites is 1. The van der Waals surface area contributed by atoms with Crippen LogP contribution in [0, 0.1) is 19.8 Å². The molecule has 0 radical (unpaired) electrons. The van der Waals surface area contributed by atoms with E-state index in [2.05, 4.69) is 18.0 Å². The number of methoxy groups -OCH3 is 1. The van der Waals surface area contributed by atoms with Gasteiger partial charge < -0.3 is 9.84 Å². The molecule has 0 aliphatic carbocycles. The molecule has 1 heterocycles. The average Bonchev–Trinajstić information content (AvgIpc) is 2.77. The summed E-state index contributed by atoms with van der Waals surface area (Å²) < 4.78 is 5.37. The van der Waals surface area contributed by atoms with Crippen LogP contribution in [-0.2, 0) is 12.8 Å². The van der Waals surface area contributed by atoms with Gasteiger partial charge in [-0.3, -0.25) is 0 Å². The van der Waals surface area contributed by atoms with Crippen molar-refractivity contribution >= 4 is 11.3 Å². The number of nitrogens with zero attached hydrogens (tertiary/aromatic N) is 1. The molecule has 1 unspecified atom stereocenters. The first-order valence-corrected chi connectivity index (χ1v) is 7.61. The Kier molecular flexibility index (Phi) is 5.15.